The van der Waals surface area contributed by atoms with Crippen LogP contribution in [0.2, 0.25) is 0 Å². The van der Waals surface area contributed by atoms with Crippen LogP contribution in [0.15, 0.2) is 48.8 Å². The first-order valence-corrected chi connectivity index (χ1v) is 7.22. The van der Waals surface area contributed by atoms with Gasteiger partial charge >= 0.3 is 0 Å². The molecule has 1 aromatic carbocycles. The highest BCUT2D eigenvalue weighted by Crippen LogP contribution is 2.26. The molecular formula is C16H15FN4O. The third-order valence-corrected chi connectivity index (χ3v) is 3.88. The third kappa shape index (κ3) is 2.31. The fraction of sp³-hybridized carbons (Fsp3) is 0.250. The molecule has 1 unspecified atom stereocenters. The summed E-state index contributed by atoms with van der Waals surface area (Å²) in [6, 6.07) is 10.6. The topological polar surface area (TPSA) is 42.7 Å². The van der Waals surface area contributed by atoms with Crippen LogP contribution >= 0.6 is 0 Å². The van der Waals surface area contributed by atoms with Crippen molar-refractivity contribution in [3.63, 3.8) is 0 Å². The number of fused-ring (bicyclic) bond motifs is 1. The number of benzene rings is 1. The molecule has 4 rings (SSSR count). The number of halogens is 1. The van der Waals surface area contributed by atoms with Crippen LogP contribution in [0.3, 0.4) is 0 Å². The lowest BCUT2D eigenvalue weighted by Gasteiger charge is -2.33. The smallest absolute Gasteiger partial charge is 0.153 e. The second kappa shape index (κ2) is 5.38. The first-order valence-electron chi connectivity index (χ1n) is 7.22. The molecule has 0 saturated carbocycles. The van der Waals surface area contributed by atoms with Gasteiger partial charge in [0.1, 0.15) is 17.7 Å². The Kier molecular flexibility index (Phi) is 3.23. The lowest BCUT2D eigenvalue weighted by molar-refractivity contribution is 0.0372. The average molecular weight is 298 g/mol. The summed E-state index contributed by atoms with van der Waals surface area (Å²) in [6.07, 6.45) is 3.25. The van der Waals surface area contributed by atoms with E-state index in [0.29, 0.717) is 18.7 Å². The zero-order chi connectivity index (χ0) is 14.9. The van der Waals surface area contributed by atoms with Gasteiger partial charge in [0.2, 0.25) is 0 Å². The number of rotatable bonds is 2. The predicted octanol–water partition coefficient (Wildman–Crippen LogP) is 2.45. The van der Waals surface area contributed by atoms with Crippen LogP contribution in [-0.2, 0) is 4.74 Å². The molecule has 3 heterocycles. The fourth-order valence-electron chi connectivity index (χ4n) is 2.76. The summed E-state index contributed by atoms with van der Waals surface area (Å²) in [5.74, 6) is 0.613. The van der Waals surface area contributed by atoms with Crippen LogP contribution in [0.1, 0.15) is 11.7 Å². The van der Waals surface area contributed by atoms with Crippen molar-refractivity contribution in [3.05, 3.63) is 60.2 Å². The van der Waals surface area contributed by atoms with Gasteiger partial charge in [0, 0.05) is 24.5 Å². The average Bonchev–Trinajstić information content (AvgIpc) is 3.03. The molecule has 1 aliphatic heterocycles. The van der Waals surface area contributed by atoms with E-state index in [1.165, 1.54) is 6.07 Å². The Labute approximate surface area is 127 Å². The highest BCUT2D eigenvalue weighted by molar-refractivity contribution is 5.46. The number of imidazole rings is 1. The molecule has 0 bridgehead atoms. The fourth-order valence-corrected chi connectivity index (χ4v) is 2.76. The van der Waals surface area contributed by atoms with Gasteiger partial charge in [-0.3, -0.25) is 0 Å². The largest absolute Gasteiger partial charge is 0.370 e. The van der Waals surface area contributed by atoms with Crippen molar-refractivity contribution >= 4 is 11.5 Å². The number of anilines is 1. The second-order valence-corrected chi connectivity index (χ2v) is 5.25. The van der Waals surface area contributed by atoms with Crippen molar-refractivity contribution in [3.8, 4) is 0 Å². The summed E-state index contributed by atoms with van der Waals surface area (Å²) in [5, 5.41) is 4.54. The standard InChI is InChI=1S/C16H15FN4O/c17-13-4-2-1-3-12(13)14-11-20(9-10-22-14)16-6-5-15-18-7-8-21(15)19-16/h1-8,14H,9-11H2. The van der Waals surface area contributed by atoms with Crippen molar-refractivity contribution in [2.75, 3.05) is 24.6 Å². The maximum absolute atomic E-state index is 13.9. The predicted molar refractivity (Wildman–Crippen MR) is 80.3 cm³/mol. The van der Waals surface area contributed by atoms with Crippen LogP contribution in [0.5, 0.6) is 0 Å². The molecule has 5 nitrogen and oxygen atoms in total. The summed E-state index contributed by atoms with van der Waals surface area (Å²) in [6.45, 7) is 1.86. The number of hydrogen-bond acceptors (Lipinski definition) is 4. The first kappa shape index (κ1) is 13.2. The molecule has 0 aliphatic carbocycles. The third-order valence-electron chi connectivity index (χ3n) is 3.88. The number of hydrogen-bond donors (Lipinski definition) is 0. The quantitative estimate of drug-likeness (QED) is 0.729. The summed E-state index contributed by atoms with van der Waals surface area (Å²) in [4.78, 5) is 6.30. The minimum atomic E-state index is -0.282. The van der Waals surface area contributed by atoms with Crippen molar-refractivity contribution in [2.24, 2.45) is 0 Å². The monoisotopic (exact) mass is 298 g/mol. The molecule has 2 aromatic heterocycles. The highest BCUT2D eigenvalue weighted by Gasteiger charge is 2.25. The molecule has 0 spiro atoms. The molecule has 0 amide bonds. The van der Waals surface area contributed by atoms with E-state index >= 15 is 0 Å². The molecule has 1 aliphatic rings. The van der Waals surface area contributed by atoms with Crippen LogP contribution in [0, 0.1) is 5.82 Å². The Bertz CT molecular complexity index is 803. The van der Waals surface area contributed by atoms with E-state index < -0.39 is 0 Å². The van der Waals surface area contributed by atoms with Crippen molar-refractivity contribution < 1.29 is 9.13 Å². The molecular weight excluding hydrogens is 283 g/mol. The van der Waals surface area contributed by atoms with Crippen LogP contribution in [-0.4, -0.2) is 34.3 Å². The molecule has 0 radical (unpaired) electrons. The van der Waals surface area contributed by atoms with E-state index in [1.54, 1.807) is 22.8 Å². The maximum atomic E-state index is 13.9. The van der Waals surface area contributed by atoms with Gasteiger partial charge in [-0.1, -0.05) is 18.2 Å². The van der Waals surface area contributed by atoms with Crippen molar-refractivity contribution in [2.45, 2.75) is 6.10 Å². The van der Waals surface area contributed by atoms with E-state index in [2.05, 4.69) is 15.0 Å². The summed E-state index contributed by atoms with van der Waals surface area (Å²) in [5.41, 5.74) is 1.40. The Hall–Kier alpha value is -2.47. The minimum Gasteiger partial charge on any atom is -0.370 e. The van der Waals surface area contributed by atoms with Crippen LogP contribution in [0.25, 0.3) is 5.65 Å². The van der Waals surface area contributed by atoms with Gasteiger partial charge in [0.05, 0.1) is 13.2 Å². The van der Waals surface area contributed by atoms with Crippen molar-refractivity contribution in [1.29, 1.82) is 0 Å². The molecule has 1 atom stereocenters. The molecule has 1 fully saturated rings. The van der Waals surface area contributed by atoms with Gasteiger partial charge in [-0.15, -0.1) is 5.10 Å². The van der Waals surface area contributed by atoms with E-state index in [4.69, 9.17) is 4.74 Å². The Morgan fingerprint density at radius 3 is 3.00 bits per heavy atom. The Morgan fingerprint density at radius 1 is 1.18 bits per heavy atom. The molecule has 3 aromatic rings. The van der Waals surface area contributed by atoms with E-state index in [-0.39, 0.29) is 11.9 Å². The van der Waals surface area contributed by atoms with Crippen molar-refractivity contribution in [1.82, 2.24) is 14.6 Å². The summed E-state index contributed by atoms with van der Waals surface area (Å²) >= 11 is 0. The van der Waals surface area contributed by atoms with Gasteiger partial charge in [0.15, 0.2) is 5.65 Å². The van der Waals surface area contributed by atoms with Gasteiger partial charge in [-0.05, 0) is 18.2 Å². The number of ether oxygens (including phenoxy) is 1. The summed E-state index contributed by atoms with van der Waals surface area (Å²) < 4.78 is 21.4. The van der Waals surface area contributed by atoms with Gasteiger partial charge < -0.3 is 9.64 Å². The molecule has 6 heteroatoms. The highest BCUT2D eigenvalue weighted by atomic mass is 19.1. The molecule has 22 heavy (non-hydrogen) atoms. The zero-order valence-electron chi connectivity index (χ0n) is 11.9. The Morgan fingerprint density at radius 2 is 2.09 bits per heavy atom. The second-order valence-electron chi connectivity index (χ2n) is 5.25. The number of aromatic nitrogens is 3. The van der Waals surface area contributed by atoms with E-state index in [1.807, 2.05) is 24.4 Å². The van der Waals surface area contributed by atoms with Gasteiger partial charge in [-0.2, -0.15) is 0 Å². The minimum absolute atomic E-state index is 0.229. The van der Waals surface area contributed by atoms with Crippen LogP contribution < -0.4 is 4.90 Å². The van der Waals surface area contributed by atoms with Gasteiger partial charge in [-0.25, -0.2) is 13.9 Å². The molecule has 0 N–H and O–H groups in total. The summed E-state index contributed by atoms with van der Waals surface area (Å²) in [7, 11) is 0. The number of morpholine rings is 1. The maximum Gasteiger partial charge on any atom is 0.153 e. The molecule has 1 saturated heterocycles. The Balaban J connectivity index is 1.61. The lowest BCUT2D eigenvalue weighted by Crippen LogP contribution is -2.39. The lowest BCUT2D eigenvalue weighted by atomic mass is 10.1. The van der Waals surface area contributed by atoms with Crippen LogP contribution in [0.4, 0.5) is 10.2 Å². The number of nitrogens with zero attached hydrogens (tertiary/aromatic N) is 4. The van der Waals surface area contributed by atoms with Gasteiger partial charge in [0.25, 0.3) is 0 Å². The SMILES string of the molecule is Fc1ccccc1C1CN(c2ccc3nccn3n2)CCO1. The van der Waals surface area contributed by atoms with E-state index in [9.17, 15) is 4.39 Å². The first-order chi connectivity index (χ1) is 10.8. The zero-order valence-corrected chi connectivity index (χ0v) is 11.9. The normalized spacial score (nSPS) is 18.8. The van der Waals surface area contributed by atoms with E-state index in [0.717, 1.165) is 18.0 Å². The molecule has 112 valence electrons.